The summed E-state index contributed by atoms with van der Waals surface area (Å²) in [5.74, 6) is -0.411. The topological polar surface area (TPSA) is 89.3 Å². The van der Waals surface area contributed by atoms with Gasteiger partial charge in [-0.2, -0.15) is 0 Å². The molecule has 6 nitrogen and oxygen atoms in total. The Bertz CT molecular complexity index is 930. The third-order valence-corrected chi connectivity index (χ3v) is 3.81. The van der Waals surface area contributed by atoms with Crippen LogP contribution in [0.25, 0.3) is 23.4 Å². The number of nitrogens with one attached hydrogen (secondary N) is 2. The maximum atomic E-state index is 13.7. The van der Waals surface area contributed by atoms with Gasteiger partial charge < -0.3 is 11.1 Å². The molecule has 4 N–H and O–H groups in total. The first kappa shape index (κ1) is 15.7. The molecule has 0 radical (unpaired) electrons. The monoisotopic (exact) mass is 332 g/mol. The van der Waals surface area contributed by atoms with Crippen molar-refractivity contribution in [3.8, 4) is 11.1 Å². The van der Waals surface area contributed by atoms with Gasteiger partial charge in [-0.1, -0.05) is 0 Å². The van der Waals surface area contributed by atoms with Gasteiger partial charge in [0.1, 0.15) is 12.0 Å². The second-order valence-electron chi connectivity index (χ2n) is 5.33. The molecule has 0 bridgehead atoms. The highest BCUT2D eigenvalue weighted by Gasteiger charge is 2.14. The Balaban J connectivity index is 2.09. The number of pyridine rings is 1. The van der Waals surface area contributed by atoms with Crippen molar-refractivity contribution in [2.75, 3.05) is 5.73 Å². The lowest BCUT2D eigenvalue weighted by atomic mass is 9.99. The molecular formula is C16H14F2N4O2. The van der Waals surface area contributed by atoms with E-state index in [0.717, 1.165) is 6.20 Å². The van der Waals surface area contributed by atoms with E-state index in [1.54, 1.807) is 37.5 Å². The van der Waals surface area contributed by atoms with Gasteiger partial charge in [-0.15, -0.1) is 0 Å². The van der Waals surface area contributed by atoms with Gasteiger partial charge in [0, 0.05) is 33.4 Å². The SMILES string of the molecule is Cc1c(F)cncc1-c1cc(N)c2c(c1)=CC(NC(=O)OF)NC=2. The molecule has 2 aromatic rings. The molecule has 8 heteroatoms. The van der Waals surface area contributed by atoms with E-state index in [4.69, 9.17) is 5.73 Å². The quantitative estimate of drug-likeness (QED) is 0.709. The van der Waals surface area contributed by atoms with Gasteiger partial charge in [-0.25, -0.2) is 14.1 Å². The first-order valence-corrected chi connectivity index (χ1v) is 7.07. The molecule has 1 aliphatic heterocycles. The Kier molecular flexibility index (Phi) is 4.03. The van der Waals surface area contributed by atoms with E-state index in [0.29, 0.717) is 32.8 Å². The number of nitrogens with two attached hydrogens (primary N) is 1. The summed E-state index contributed by atoms with van der Waals surface area (Å²) in [6.07, 6.45) is 4.08. The van der Waals surface area contributed by atoms with E-state index in [-0.39, 0.29) is 0 Å². The van der Waals surface area contributed by atoms with Crippen molar-refractivity contribution in [3.05, 3.63) is 46.3 Å². The average Bonchev–Trinajstić information content (AvgIpc) is 2.56. The summed E-state index contributed by atoms with van der Waals surface area (Å²) in [5, 5.41) is 6.53. The number of amides is 1. The predicted octanol–water partition coefficient (Wildman–Crippen LogP) is 0.837. The number of fused-ring (bicyclic) bond motifs is 1. The number of hydrogen-bond donors (Lipinski definition) is 3. The van der Waals surface area contributed by atoms with Gasteiger partial charge >= 0.3 is 6.09 Å². The molecule has 1 aromatic carbocycles. The second-order valence-corrected chi connectivity index (χ2v) is 5.33. The smallest absolute Gasteiger partial charge is 0.398 e. The van der Waals surface area contributed by atoms with Crippen LogP contribution in [-0.2, 0) is 4.94 Å². The lowest BCUT2D eigenvalue weighted by Crippen LogP contribution is -2.48. The standard InChI is InChI=1S/C16H14F2N4O2/c1-8-11(5-20-7-13(8)17)9-2-10-4-15(22-16(23)24-18)21-6-12(10)14(19)3-9/h2-7,15,21H,19H2,1H3,(H,22,23). The molecular weight excluding hydrogens is 318 g/mol. The fourth-order valence-electron chi connectivity index (χ4n) is 2.58. The highest BCUT2D eigenvalue weighted by atomic mass is 19.3. The largest absolute Gasteiger partial charge is 0.446 e. The maximum absolute atomic E-state index is 13.7. The normalized spacial score (nSPS) is 15.4. The number of rotatable bonds is 2. The first-order valence-electron chi connectivity index (χ1n) is 7.07. The lowest BCUT2D eigenvalue weighted by molar-refractivity contribution is -0.0630. The molecule has 1 atom stereocenters. The summed E-state index contributed by atoms with van der Waals surface area (Å²) in [7, 11) is 0. The molecule has 1 aliphatic rings. The van der Waals surface area contributed by atoms with Crippen LogP contribution in [-0.4, -0.2) is 17.2 Å². The van der Waals surface area contributed by atoms with Crippen LogP contribution in [0.4, 0.5) is 19.4 Å². The zero-order valence-corrected chi connectivity index (χ0v) is 12.6. The summed E-state index contributed by atoms with van der Waals surface area (Å²) < 4.78 is 25.6. The Morgan fingerprint density at radius 3 is 2.96 bits per heavy atom. The van der Waals surface area contributed by atoms with Gasteiger partial charge in [0.2, 0.25) is 0 Å². The lowest BCUT2D eigenvalue weighted by Gasteiger charge is -2.18. The number of benzene rings is 1. The van der Waals surface area contributed by atoms with Crippen LogP contribution in [0.3, 0.4) is 0 Å². The molecule has 1 unspecified atom stereocenters. The minimum Gasteiger partial charge on any atom is -0.398 e. The van der Waals surface area contributed by atoms with Crippen molar-refractivity contribution in [1.82, 2.24) is 15.6 Å². The number of nitrogens with zero attached hydrogens (tertiary/aromatic N) is 1. The van der Waals surface area contributed by atoms with E-state index < -0.39 is 18.1 Å². The Hall–Kier alpha value is -3.16. The van der Waals surface area contributed by atoms with Gasteiger partial charge in [-0.3, -0.25) is 10.3 Å². The second kappa shape index (κ2) is 6.15. The Morgan fingerprint density at radius 1 is 1.42 bits per heavy atom. The van der Waals surface area contributed by atoms with Gasteiger partial charge in [0.05, 0.1) is 6.20 Å². The fraction of sp³-hybridized carbons (Fsp3) is 0.125. The molecule has 0 fully saturated rings. The van der Waals surface area contributed by atoms with Crippen molar-refractivity contribution in [2.24, 2.45) is 0 Å². The van der Waals surface area contributed by atoms with Crippen LogP contribution in [0.5, 0.6) is 0 Å². The molecule has 3 rings (SSSR count). The van der Waals surface area contributed by atoms with Crippen LogP contribution in [0.1, 0.15) is 5.56 Å². The third-order valence-electron chi connectivity index (χ3n) is 3.81. The summed E-state index contributed by atoms with van der Waals surface area (Å²) in [6.45, 7) is 1.65. The number of nitrogen functional groups attached to an aromatic ring is 1. The number of aromatic nitrogens is 1. The molecule has 2 heterocycles. The zero-order valence-electron chi connectivity index (χ0n) is 12.6. The molecule has 0 spiro atoms. The number of hydrogen-bond acceptors (Lipinski definition) is 5. The van der Waals surface area contributed by atoms with Crippen LogP contribution in [0.15, 0.2) is 24.5 Å². The van der Waals surface area contributed by atoms with E-state index in [9.17, 15) is 13.7 Å². The summed E-state index contributed by atoms with van der Waals surface area (Å²) in [4.78, 5) is 17.9. The van der Waals surface area contributed by atoms with Crippen molar-refractivity contribution < 1.29 is 18.7 Å². The van der Waals surface area contributed by atoms with E-state index in [1.165, 1.54) is 0 Å². The van der Waals surface area contributed by atoms with Gasteiger partial charge in [0.15, 0.2) is 0 Å². The highest BCUT2D eigenvalue weighted by Crippen LogP contribution is 2.23. The van der Waals surface area contributed by atoms with Gasteiger partial charge in [0.25, 0.3) is 0 Å². The maximum Gasteiger partial charge on any atom is 0.446 e. The molecule has 0 saturated carbocycles. The minimum absolute atomic E-state index is 0.411. The molecule has 0 aliphatic carbocycles. The average molecular weight is 332 g/mol. The van der Waals surface area contributed by atoms with Crippen LogP contribution >= 0.6 is 0 Å². The first-order chi connectivity index (χ1) is 11.5. The molecule has 0 saturated heterocycles. The number of anilines is 1. The van der Waals surface area contributed by atoms with Gasteiger partial charge in [-0.05, 0) is 41.5 Å². The summed E-state index contributed by atoms with van der Waals surface area (Å²) in [6, 6.07) is 3.51. The van der Waals surface area contributed by atoms with E-state index in [2.05, 4.69) is 20.6 Å². The minimum atomic E-state index is -1.21. The van der Waals surface area contributed by atoms with Crippen LogP contribution < -0.4 is 26.8 Å². The summed E-state index contributed by atoms with van der Waals surface area (Å²) >= 11 is 0. The fourth-order valence-corrected chi connectivity index (χ4v) is 2.58. The molecule has 1 aromatic heterocycles. The van der Waals surface area contributed by atoms with Crippen molar-refractivity contribution >= 4 is 24.1 Å². The zero-order chi connectivity index (χ0) is 17.3. The summed E-state index contributed by atoms with van der Waals surface area (Å²) in [5.41, 5.74) is 8.30. The Labute approximate surface area is 135 Å². The van der Waals surface area contributed by atoms with E-state index in [1.807, 2.05) is 0 Å². The molecule has 124 valence electrons. The highest BCUT2D eigenvalue weighted by molar-refractivity contribution is 5.72. The third kappa shape index (κ3) is 2.85. The van der Waals surface area contributed by atoms with Crippen molar-refractivity contribution in [1.29, 1.82) is 0 Å². The van der Waals surface area contributed by atoms with Crippen molar-refractivity contribution in [3.63, 3.8) is 0 Å². The molecule has 24 heavy (non-hydrogen) atoms. The van der Waals surface area contributed by atoms with E-state index >= 15 is 0 Å². The predicted molar refractivity (Wildman–Crippen MR) is 84.6 cm³/mol. The number of carbonyl (C=O) groups is 1. The Morgan fingerprint density at radius 2 is 2.21 bits per heavy atom. The van der Waals surface area contributed by atoms with Crippen LogP contribution in [0, 0.1) is 12.7 Å². The number of carbonyl (C=O) groups excluding carboxylic acids is 1. The number of halogens is 2. The molecule has 1 amide bonds. The van der Waals surface area contributed by atoms with Crippen LogP contribution in [0.2, 0.25) is 0 Å². The van der Waals surface area contributed by atoms with Crippen molar-refractivity contribution in [2.45, 2.75) is 13.1 Å².